The van der Waals surface area contributed by atoms with Crippen LogP contribution in [0.15, 0.2) is 42.5 Å². The van der Waals surface area contributed by atoms with E-state index in [0.717, 1.165) is 5.52 Å². The van der Waals surface area contributed by atoms with E-state index in [4.69, 9.17) is 4.74 Å². The second kappa shape index (κ2) is 8.96. The Hall–Kier alpha value is -3.75. The van der Waals surface area contributed by atoms with Crippen molar-refractivity contribution in [2.75, 3.05) is 18.5 Å². The van der Waals surface area contributed by atoms with E-state index in [2.05, 4.69) is 20.8 Å². The Kier molecular flexibility index (Phi) is 6.18. The van der Waals surface area contributed by atoms with Gasteiger partial charge in [-0.25, -0.2) is 4.39 Å². The molecule has 2 aromatic carbocycles. The normalized spacial score (nSPS) is 10.6. The van der Waals surface area contributed by atoms with Crippen LogP contribution >= 0.6 is 0 Å². The Labute approximate surface area is 165 Å². The number of nitrogens with one attached hydrogen (secondary N) is 3. The van der Waals surface area contributed by atoms with Crippen LogP contribution in [0.25, 0.3) is 10.9 Å². The number of carbonyl (C=O) groups excluding carboxylic acids is 3. The molecule has 0 spiro atoms. The molecule has 0 radical (unpaired) electrons. The summed E-state index contributed by atoms with van der Waals surface area (Å²) in [5.41, 5.74) is 1.70. The summed E-state index contributed by atoms with van der Waals surface area (Å²) in [4.78, 5) is 35.7. The molecule has 0 unspecified atom stereocenters. The van der Waals surface area contributed by atoms with E-state index < -0.39 is 30.2 Å². The lowest BCUT2D eigenvalue weighted by atomic mass is 10.2. The number of H-pyrrole nitrogens is 1. The highest BCUT2D eigenvalue weighted by Gasteiger charge is 2.14. The number of hydrogen-bond donors (Lipinski definition) is 3. The summed E-state index contributed by atoms with van der Waals surface area (Å²) in [5.74, 6) is -2.11. The quantitative estimate of drug-likeness (QED) is 0.529. The Bertz CT molecular complexity index is 1060. The third kappa shape index (κ3) is 5.16. The number of halogens is 1. The number of fused-ring (bicyclic) bond motifs is 1. The third-order valence-corrected chi connectivity index (χ3v) is 4.12. The molecule has 3 N–H and O–H groups in total. The van der Waals surface area contributed by atoms with Crippen LogP contribution in [-0.4, -0.2) is 41.1 Å². The first-order valence-corrected chi connectivity index (χ1v) is 8.87. The van der Waals surface area contributed by atoms with Crippen molar-refractivity contribution in [2.45, 2.75) is 13.3 Å². The summed E-state index contributed by atoms with van der Waals surface area (Å²) < 4.78 is 18.3. The number of rotatable bonds is 7. The molecule has 3 rings (SSSR count). The molecule has 150 valence electrons. The average Bonchev–Trinajstić information content (AvgIpc) is 3.13. The Morgan fingerprint density at radius 1 is 1.17 bits per heavy atom. The van der Waals surface area contributed by atoms with Gasteiger partial charge in [0.2, 0.25) is 0 Å². The second-order valence-corrected chi connectivity index (χ2v) is 6.30. The van der Waals surface area contributed by atoms with Crippen LogP contribution in [0, 0.1) is 12.7 Å². The summed E-state index contributed by atoms with van der Waals surface area (Å²) in [6.07, 6.45) is -0.111. The topological polar surface area (TPSA) is 113 Å². The molecule has 1 heterocycles. The van der Waals surface area contributed by atoms with E-state index in [1.54, 1.807) is 31.2 Å². The highest BCUT2D eigenvalue weighted by atomic mass is 19.1. The van der Waals surface area contributed by atoms with E-state index >= 15 is 0 Å². The molecule has 3 aromatic rings. The van der Waals surface area contributed by atoms with E-state index in [-0.39, 0.29) is 24.3 Å². The number of amides is 2. The van der Waals surface area contributed by atoms with E-state index in [0.29, 0.717) is 10.9 Å². The predicted molar refractivity (Wildman–Crippen MR) is 104 cm³/mol. The minimum atomic E-state index is -0.651. The predicted octanol–water partition coefficient (Wildman–Crippen LogP) is 2.31. The fourth-order valence-corrected chi connectivity index (χ4v) is 2.58. The third-order valence-electron chi connectivity index (χ3n) is 4.12. The molecule has 9 heteroatoms. The van der Waals surface area contributed by atoms with Crippen LogP contribution in [0.4, 0.5) is 10.1 Å². The minimum absolute atomic E-state index is 0.0314. The molecule has 0 aliphatic rings. The Balaban J connectivity index is 1.40. The number of hydrogen-bond acceptors (Lipinski definition) is 5. The van der Waals surface area contributed by atoms with Crippen molar-refractivity contribution in [3.63, 3.8) is 0 Å². The van der Waals surface area contributed by atoms with Crippen LogP contribution in [0.5, 0.6) is 0 Å². The van der Waals surface area contributed by atoms with Crippen LogP contribution in [0.2, 0.25) is 0 Å². The fourth-order valence-electron chi connectivity index (χ4n) is 2.58. The van der Waals surface area contributed by atoms with Gasteiger partial charge >= 0.3 is 5.97 Å². The number of esters is 1. The van der Waals surface area contributed by atoms with Gasteiger partial charge in [-0.1, -0.05) is 24.3 Å². The number of anilines is 1. The van der Waals surface area contributed by atoms with Crippen molar-refractivity contribution in [1.82, 2.24) is 15.5 Å². The standard InChI is InChI=1S/C20H19FN4O4/c1-12-6-7-13(10-15(12)21)23-17(26)11-29-18(27)8-9-22-20(28)19-14-4-2-3-5-16(14)24-25-19/h2-7,10H,8-9,11H2,1H3,(H,22,28)(H,23,26)(H,24,25). The highest BCUT2D eigenvalue weighted by molar-refractivity contribution is 6.04. The Morgan fingerprint density at radius 2 is 1.97 bits per heavy atom. The second-order valence-electron chi connectivity index (χ2n) is 6.30. The number of aromatic nitrogens is 2. The van der Waals surface area contributed by atoms with Crippen molar-refractivity contribution in [3.8, 4) is 0 Å². The molecule has 0 atom stereocenters. The van der Waals surface area contributed by atoms with Crippen LogP contribution in [-0.2, 0) is 14.3 Å². The maximum atomic E-state index is 13.5. The van der Waals surface area contributed by atoms with Crippen molar-refractivity contribution in [3.05, 3.63) is 59.5 Å². The monoisotopic (exact) mass is 398 g/mol. The first kappa shape index (κ1) is 20.0. The number of para-hydroxylation sites is 1. The summed E-state index contributed by atoms with van der Waals surface area (Å²) in [5, 5.41) is 12.4. The van der Waals surface area contributed by atoms with Gasteiger partial charge < -0.3 is 15.4 Å². The molecule has 0 fully saturated rings. The minimum Gasteiger partial charge on any atom is -0.456 e. The zero-order valence-corrected chi connectivity index (χ0v) is 15.6. The first-order chi connectivity index (χ1) is 13.9. The van der Waals surface area contributed by atoms with Gasteiger partial charge in [0.05, 0.1) is 11.9 Å². The molecule has 0 saturated carbocycles. The zero-order chi connectivity index (χ0) is 20.8. The Morgan fingerprint density at radius 3 is 2.76 bits per heavy atom. The van der Waals surface area contributed by atoms with Gasteiger partial charge in [-0.15, -0.1) is 0 Å². The number of benzene rings is 2. The van der Waals surface area contributed by atoms with Gasteiger partial charge in [-0.2, -0.15) is 5.10 Å². The molecule has 0 bridgehead atoms. The largest absolute Gasteiger partial charge is 0.456 e. The molecular formula is C20H19FN4O4. The summed E-state index contributed by atoms with van der Waals surface area (Å²) in [6.45, 7) is 1.13. The lowest BCUT2D eigenvalue weighted by molar-refractivity contribution is -0.147. The van der Waals surface area contributed by atoms with Gasteiger partial charge in [0, 0.05) is 17.6 Å². The smallest absolute Gasteiger partial charge is 0.308 e. The number of carbonyl (C=O) groups is 3. The van der Waals surface area contributed by atoms with Crippen LogP contribution in [0.1, 0.15) is 22.5 Å². The number of ether oxygens (including phenoxy) is 1. The summed E-state index contributed by atoms with van der Waals surface area (Å²) in [6, 6.07) is 11.4. The maximum Gasteiger partial charge on any atom is 0.308 e. The van der Waals surface area contributed by atoms with Crippen molar-refractivity contribution >= 4 is 34.4 Å². The van der Waals surface area contributed by atoms with Crippen molar-refractivity contribution in [2.24, 2.45) is 0 Å². The van der Waals surface area contributed by atoms with Gasteiger partial charge in [0.15, 0.2) is 12.3 Å². The van der Waals surface area contributed by atoms with Gasteiger partial charge in [0.1, 0.15) is 5.82 Å². The molecule has 29 heavy (non-hydrogen) atoms. The maximum absolute atomic E-state index is 13.5. The van der Waals surface area contributed by atoms with Crippen LogP contribution < -0.4 is 10.6 Å². The molecule has 2 amide bonds. The van der Waals surface area contributed by atoms with E-state index in [9.17, 15) is 18.8 Å². The fraction of sp³-hybridized carbons (Fsp3) is 0.200. The van der Waals surface area contributed by atoms with Gasteiger partial charge in [-0.3, -0.25) is 19.5 Å². The van der Waals surface area contributed by atoms with Gasteiger partial charge in [-0.05, 0) is 30.7 Å². The van der Waals surface area contributed by atoms with Crippen molar-refractivity contribution in [1.29, 1.82) is 0 Å². The summed E-state index contributed by atoms with van der Waals surface area (Å²) in [7, 11) is 0. The number of aryl methyl sites for hydroxylation is 1. The number of nitrogens with zero attached hydrogens (tertiary/aromatic N) is 1. The van der Waals surface area contributed by atoms with Crippen molar-refractivity contribution < 1.29 is 23.5 Å². The SMILES string of the molecule is Cc1ccc(NC(=O)COC(=O)CCNC(=O)c2n[nH]c3ccccc23)cc1F. The van der Waals surface area contributed by atoms with E-state index in [1.807, 2.05) is 6.07 Å². The molecule has 0 saturated heterocycles. The first-order valence-electron chi connectivity index (χ1n) is 8.87. The number of aromatic amines is 1. The van der Waals surface area contributed by atoms with Crippen LogP contribution in [0.3, 0.4) is 0 Å². The average molecular weight is 398 g/mol. The zero-order valence-electron chi connectivity index (χ0n) is 15.6. The highest BCUT2D eigenvalue weighted by Crippen LogP contribution is 2.15. The molecule has 0 aliphatic carbocycles. The van der Waals surface area contributed by atoms with Gasteiger partial charge in [0.25, 0.3) is 11.8 Å². The molecule has 8 nitrogen and oxygen atoms in total. The molecular weight excluding hydrogens is 379 g/mol. The molecule has 0 aliphatic heterocycles. The van der Waals surface area contributed by atoms with E-state index in [1.165, 1.54) is 12.1 Å². The molecule has 1 aromatic heterocycles. The summed E-state index contributed by atoms with van der Waals surface area (Å²) >= 11 is 0. The lowest BCUT2D eigenvalue weighted by Crippen LogP contribution is -2.28. The lowest BCUT2D eigenvalue weighted by Gasteiger charge is -2.08.